The zero-order chi connectivity index (χ0) is 27.3. The average Bonchev–Trinajstić information content (AvgIpc) is 2.87. The molecule has 0 aliphatic heterocycles. The largest absolute Gasteiger partial charge is 0.494 e. The Morgan fingerprint density at radius 1 is 0.811 bits per heavy atom. The van der Waals surface area contributed by atoms with Gasteiger partial charge in [0.05, 0.1) is 32.0 Å². The summed E-state index contributed by atoms with van der Waals surface area (Å²) in [6.45, 7) is 4.62. The van der Waals surface area contributed by atoms with Gasteiger partial charge >= 0.3 is 11.9 Å². The van der Waals surface area contributed by atoms with Crippen molar-refractivity contribution in [2.24, 2.45) is 0 Å². The van der Waals surface area contributed by atoms with Gasteiger partial charge in [-0.05, 0) is 50.5 Å². The van der Waals surface area contributed by atoms with Gasteiger partial charge in [0, 0.05) is 26.0 Å². The quantitative estimate of drug-likeness (QED) is 0.167. The molecule has 1 aromatic carbocycles. The number of nitrogens with one attached hydrogen (secondary N) is 2. The van der Waals surface area contributed by atoms with Crippen LogP contribution in [0.5, 0.6) is 5.75 Å². The Hall–Kier alpha value is -3.18. The van der Waals surface area contributed by atoms with Crippen molar-refractivity contribution < 1.29 is 43.6 Å². The van der Waals surface area contributed by atoms with Crippen LogP contribution in [0.1, 0.15) is 68.6 Å². The minimum absolute atomic E-state index is 0.0110. The molecule has 0 saturated carbocycles. The van der Waals surface area contributed by atoms with E-state index in [1.165, 1.54) is 12.1 Å². The number of benzene rings is 1. The minimum Gasteiger partial charge on any atom is -0.494 e. The van der Waals surface area contributed by atoms with E-state index in [-0.39, 0.29) is 36.6 Å². The fourth-order valence-electron chi connectivity index (χ4n) is 3.32. The summed E-state index contributed by atoms with van der Waals surface area (Å²) in [6.07, 6.45) is 4.34. The predicted octanol–water partition coefficient (Wildman–Crippen LogP) is 2.62. The molecule has 0 aliphatic carbocycles. The third kappa shape index (κ3) is 16.2. The first-order valence-electron chi connectivity index (χ1n) is 12.7. The number of aromatic carboxylic acids is 1. The van der Waals surface area contributed by atoms with Crippen molar-refractivity contribution in [2.75, 3.05) is 39.6 Å². The lowest BCUT2D eigenvalue weighted by Crippen LogP contribution is -2.41. The number of rotatable bonds is 22. The first-order valence-corrected chi connectivity index (χ1v) is 12.7. The highest BCUT2D eigenvalue weighted by molar-refractivity contribution is 5.87. The van der Waals surface area contributed by atoms with Crippen LogP contribution >= 0.6 is 0 Å². The lowest BCUT2D eigenvalue weighted by molar-refractivity contribution is -0.142. The summed E-state index contributed by atoms with van der Waals surface area (Å²) in [5.74, 6) is -2.17. The molecule has 0 fully saturated rings. The Labute approximate surface area is 217 Å². The van der Waals surface area contributed by atoms with Crippen molar-refractivity contribution in [3.05, 3.63) is 29.8 Å². The van der Waals surface area contributed by atoms with Crippen LogP contribution in [-0.4, -0.2) is 79.6 Å². The predicted molar refractivity (Wildman–Crippen MR) is 136 cm³/mol. The Morgan fingerprint density at radius 3 is 2.16 bits per heavy atom. The molecule has 11 nitrogen and oxygen atoms in total. The van der Waals surface area contributed by atoms with E-state index in [9.17, 15) is 24.3 Å². The highest BCUT2D eigenvalue weighted by Gasteiger charge is 2.20. The summed E-state index contributed by atoms with van der Waals surface area (Å²) in [7, 11) is 0. The van der Waals surface area contributed by atoms with Crippen molar-refractivity contribution in [1.29, 1.82) is 0 Å². The SMILES string of the molecule is CCOCCOCCNC(=O)CC[C@H](NC(=O)CCCCCCCOc1ccc(C(=O)O)cc1)C(=O)O. The number of ether oxygens (including phenoxy) is 3. The molecular weight excluding hydrogens is 484 g/mol. The van der Waals surface area contributed by atoms with Crippen molar-refractivity contribution in [3.8, 4) is 5.75 Å². The topological polar surface area (TPSA) is 160 Å². The molecule has 1 aromatic rings. The summed E-state index contributed by atoms with van der Waals surface area (Å²) >= 11 is 0. The molecule has 0 spiro atoms. The second-order valence-electron chi connectivity index (χ2n) is 8.35. The van der Waals surface area contributed by atoms with Gasteiger partial charge in [0.1, 0.15) is 11.8 Å². The zero-order valence-corrected chi connectivity index (χ0v) is 21.5. The molecule has 1 atom stereocenters. The second-order valence-corrected chi connectivity index (χ2v) is 8.35. The van der Waals surface area contributed by atoms with E-state index in [1.807, 2.05) is 6.92 Å². The summed E-state index contributed by atoms with van der Waals surface area (Å²) < 4.78 is 16.0. The molecule has 4 N–H and O–H groups in total. The van der Waals surface area contributed by atoms with Gasteiger partial charge in [0.2, 0.25) is 11.8 Å². The second kappa shape index (κ2) is 19.9. The lowest BCUT2D eigenvalue weighted by atomic mass is 10.1. The van der Waals surface area contributed by atoms with Gasteiger partial charge in [-0.15, -0.1) is 0 Å². The van der Waals surface area contributed by atoms with Gasteiger partial charge in [0.15, 0.2) is 0 Å². The van der Waals surface area contributed by atoms with Gasteiger partial charge in [0.25, 0.3) is 0 Å². The molecule has 11 heteroatoms. The van der Waals surface area contributed by atoms with Gasteiger partial charge in [-0.25, -0.2) is 9.59 Å². The van der Waals surface area contributed by atoms with Crippen molar-refractivity contribution in [1.82, 2.24) is 10.6 Å². The number of hydrogen-bond donors (Lipinski definition) is 4. The molecule has 37 heavy (non-hydrogen) atoms. The molecular formula is C26H40N2O9. The number of aliphatic carboxylic acids is 1. The van der Waals surface area contributed by atoms with Crippen LogP contribution in [-0.2, 0) is 23.9 Å². The van der Waals surface area contributed by atoms with Crippen LogP contribution in [0.25, 0.3) is 0 Å². The van der Waals surface area contributed by atoms with Crippen molar-refractivity contribution in [3.63, 3.8) is 0 Å². The normalized spacial score (nSPS) is 11.5. The molecule has 0 unspecified atom stereocenters. The van der Waals surface area contributed by atoms with Gasteiger partial charge in [-0.3, -0.25) is 9.59 Å². The number of hydrogen-bond acceptors (Lipinski definition) is 7. The summed E-state index contributed by atoms with van der Waals surface area (Å²) in [5.41, 5.74) is 0.211. The third-order valence-corrected chi connectivity index (χ3v) is 5.36. The average molecular weight is 525 g/mol. The maximum atomic E-state index is 12.1. The van der Waals surface area contributed by atoms with Crippen LogP contribution in [0.15, 0.2) is 24.3 Å². The molecule has 0 bridgehead atoms. The molecule has 208 valence electrons. The molecule has 0 radical (unpaired) electrons. The Morgan fingerprint density at radius 2 is 1.49 bits per heavy atom. The first kappa shape index (κ1) is 31.8. The van der Waals surface area contributed by atoms with Gasteiger partial charge < -0.3 is 35.1 Å². The van der Waals surface area contributed by atoms with E-state index in [0.29, 0.717) is 51.7 Å². The highest BCUT2D eigenvalue weighted by Crippen LogP contribution is 2.13. The van der Waals surface area contributed by atoms with Gasteiger partial charge in [-0.1, -0.05) is 19.3 Å². The van der Waals surface area contributed by atoms with Crippen molar-refractivity contribution in [2.45, 2.75) is 64.3 Å². The smallest absolute Gasteiger partial charge is 0.335 e. The van der Waals surface area contributed by atoms with E-state index in [1.54, 1.807) is 12.1 Å². The standard InChI is InChI=1S/C26H40N2O9/c1-2-35-18-19-36-17-15-27-23(29)14-13-22(26(33)34)28-24(30)8-6-4-3-5-7-16-37-21-11-9-20(10-12-21)25(31)32/h9-12,22H,2-8,13-19H2,1H3,(H,27,29)(H,28,30)(H,31,32)(H,33,34)/t22-/m0/s1. The molecule has 0 aromatic heterocycles. The molecule has 2 amide bonds. The lowest BCUT2D eigenvalue weighted by Gasteiger charge is -2.14. The fraction of sp³-hybridized carbons (Fsp3) is 0.615. The molecule has 0 saturated heterocycles. The Kier molecular flexibility index (Phi) is 17.2. The number of carbonyl (C=O) groups is 4. The third-order valence-electron chi connectivity index (χ3n) is 5.36. The Balaban J connectivity index is 2.09. The number of carboxylic acid groups (broad SMARTS) is 2. The molecule has 1 rings (SSSR count). The first-order chi connectivity index (χ1) is 17.8. The van der Waals surface area contributed by atoms with E-state index in [2.05, 4.69) is 10.6 Å². The monoisotopic (exact) mass is 524 g/mol. The Bertz CT molecular complexity index is 815. The molecule has 0 heterocycles. The van der Waals surface area contributed by atoms with E-state index >= 15 is 0 Å². The highest BCUT2D eigenvalue weighted by atomic mass is 16.5. The van der Waals surface area contributed by atoms with Crippen molar-refractivity contribution >= 4 is 23.8 Å². The van der Waals surface area contributed by atoms with Crippen LogP contribution in [0.4, 0.5) is 0 Å². The van der Waals surface area contributed by atoms with Gasteiger partial charge in [-0.2, -0.15) is 0 Å². The summed E-state index contributed by atoms with van der Waals surface area (Å²) in [4.78, 5) is 46.3. The number of carbonyl (C=O) groups excluding carboxylic acids is 2. The summed E-state index contributed by atoms with van der Waals surface area (Å²) in [5, 5.41) is 23.4. The molecule has 0 aliphatic rings. The van der Waals surface area contributed by atoms with Crippen LogP contribution in [0.2, 0.25) is 0 Å². The minimum atomic E-state index is -1.17. The zero-order valence-electron chi connectivity index (χ0n) is 21.5. The maximum Gasteiger partial charge on any atom is 0.335 e. The van der Waals surface area contributed by atoms with E-state index < -0.39 is 18.0 Å². The van der Waals surface area contributed by atoms with E-state index in [4.69, 9.17) is 19.3 Å². The fourth-order valence-corrected chi connectivity index (χ4v) is 3.32. The van der Waals surface area contributed by atoms with E-state index in [0.717, 1.165) is 25.7 Å². The van der Waals surface area contributed by atoms with Crippen LogP contribution < -0.4 is 15.4 Å². The maximum absolute atomic E-state index is 12.1. The number of amides is 2. The summed E-state index contributed by atoms with van der Waals surface area (Å²) in [6, 6.07) is 5.13. The van der Waals surface area contributed by atoms with Crippen LogP contribution in [0, 0.1) is 0 Å². The number of unbranched alkanes of at least 4 members (excludes halogenated alkanes) is 4. The van der Waals surface area contributed by atoms with Crippen LogP contribution in [0.3, 0.4) is 0 Å². The number of carboxylic acids is 2.